The van der Waals surface area contributed by atoms with Gasteiger partial charge in [-0.25, -0.2) is 0 Å². The van der Waals surface area contributed by atoms with E-state index in [1.807, 2.05) is 0 Å². The average molecular weight is 447 g/mol. The van der Waals surface area contributed by atoms with E-state index in [-0.39, 0.29) is 48.8 Å². The van der Waals surface area contributed by atoms with Gasteiger partial charge in [-0.2, -0.15) is 15.0 Å². The van der Waals surface area contributed by atoms with Crippen LogP contribution in [-0.2, 0) is 4.74 Å². The summed E-state index contributed by atoms with van der Waals surface area (Å²) in [5, 5.41) is 3.36. The molecule has 0 amide bonds. The van der Waals surface area contributed by atoms with Crippen LogP contribution in [0.4, 0.5) is 17.8 Å². The van der Waals surface area contributed by atoms with Crippen LogP contribution in [0.5, 0.6) is 0 Å². The van der Waals surface area contributed by atoms with Gasteiger partial charge in [-0.3, -0.25) is 0 Å². The van der Waals surface area contributed by atoms with Crippen LogP contribution >= 0.6 is 12.4 Å². The minimum absolute atomic E-state index is 0. The van der Waals surface area contributed by atoms with E-state index in [9.17, 15) is 0 Å². The highest BCUT2D eigenvalue weighted by atomic mass is 35.5. The summed E-state index contributed by atoms with van der Waals surface area (Å²) in [6.45, 7) is 6.86. The fourth-order valence-corrected chi connectivity index (χ4v) is 3.40. The van der Waals surface area contributed by atoms with Crippen molar-refractivity contribution in [2.45, 2.75) is 51.5 Å². The van der Waals surface area contributed by atoms with Crippen molar-refractivity contribution in [1.29, 1.82) is 0 Å². The Morgan fingerprint density at radius 2 is 1.24 bits per heavy atom. The molecule has 182 valence electrons. The van der Waals surface area contributed by atoms with Crippen molar-refractivity contribution in [3.63, 3.8) is 0 Å². The summed E-state index contributed by atoms with van der Waals surface area (Å²) in [4.78, 5) is 18.8. The maximum absolute atomic E-state index is 5.21. The van der Waals surface area contributed by atoms with E-state index in [4.69, 9.17) is 9.72 Å². The number of methoxy groups -OCH3 is 1. The number of nitrogens with zero attached hydrogens (tertiary/aromatic N) is 5. The van der Waals surface area contributed by atoms with Crippen molar-refractivity contribution >= 4 is 30.3 Å². The number of hydrogen-bond donors (Lipinski definition) is 5. The predicted octanol–water partition coefficient (Wildman–Crippen LogP) is 4.35. The fourth-order valence-electron chi connectivity index (χ4n) is 3.40. The van der Waals surface area contributed by atoms with Gasteiger partial charge in [0.2, 0.25) is 17.8 Å². The van der Waals surface area contributed by atoms with Gasteiger partial charge in [0.15, 0.2) is 0 Å². The molecule has 12 heteroatoms. The predicted molar refractivity (Wildman–Crippen MR) is 133 cm³/mol. The molecule has 1 aromatic rings. The second kappa shape index (κ2) is 16.3. The molecular formula is C17H51ClN10O. The molecule has 1 unspecified atom stereocenters. The molecule has 0 radical (unpaired) electrons. The maximum atomic E-state index is 5.21. The normalized spacial score (nSPS) is 16.6. The third kappa shape index (κ3) is 9.24. The molecule has 3 rings (SSSR count). The monoisotopic (exact) mass is 446 g/mol. The Hall–Kier alpha value is -1.50. The van der Waals surface area contributed by atoms with Gasteiger partial charge >= 0.3 is 0 Å². The lowest BCUT2D eigenvalue weighted by Gasteiger charge is -2.30. The van der Waals surface area contributed by atoms with Gasteiger partial charge in [0.25, 0.3) is 0 Å². The van der Waals surface area contributed by atoms with Crippen LogP contribution in [0.3, 0.4) is 0 Å². The van der Waals surface area contributed by atoms with Crippen molar-refractivity contribution in [3.8, 4) is 0 Å². The fraction of sp³-hybridized carbons (Fsp3) is 0.824. The molecule has 2 aliphatic heterocycles. The molecular weight excluding hydrogens is 396 g/mol. The van der Waals surface area contributed by atoms with Crippen molar-refractivity contribution in [2.75, 3.05) is 55.0 Å². The van der Waals surface area contributed by atoms with E-state index in [0.29, 0.717) is 12.6 Å². The Labute approximate surface area is 187 Å². The second-order valence-corrected chi connectivity index (χ2v) is 6.86. The van der Waals surface area contributed by atoms with Crippen LogP contribution in [0.25, 0.3) is 0 Å². The molecule has 1 aromatic heterocycles. The number of nitrogens with one attached hydrogen (secondary N) is 1. The quantitative estimate of drug-likeness (QED) is 0.414. The summed E-state index contributed by atoms with van der Waals surface area (Å²) < 4.78 is 5.21. The number of halogens is 1. The van der Waals surface area contributed by atoms with Crippen LogP contribution in [0, 0.1) is 0 Å². The van der Waals surface area contributed by atoms with Crippen molar-refractivity contribution in [1.82, 2.24) is 39.6 Å². The standard InChI is InChI=1S/C17H30N6O.ClH.4H3N.4H2/c1-14(13-24-2)18-15-19-16(22-9-5-3-6-10-22)21-17(20-15)23-11-7-4-8-12-23;;;;;;;;;/h14H,3-13H2,1-2H3,(H,18,19,20,21);1H;4*1H3;4*1H. The molecule has 0 aromatic carbocycles. The van der Waals surface area contributed by atoms with Crippen LogP contribution < -0.4 is 39.7 Å². The zero-order valence-electron chi connectivity index (χ0n) is 18.2. The molecule has 2 saturated heterocycles. The van der Waals surface area contributed by atoms with E-state index in [1.165, 1.54) is 38.5 Å². The van der Waals surface area contributed by atoms with E-state index < -0.39 is 0 Å². The van der Waals surface area contributed by atoms with Crippen molar-refractivity contribution in [2.24, 2.45) is 0 Å². The summed E-state index contributed by atoms with van der Waals surface area (Å²) >= 11 is 0. The minimum Gasteiger partial charge on any atom is -0.383 e. The summed E-state index contributed by atoms with van der Waals surface area (Å²) in [5.74, 6) is 2.30. The third-order valence-electron chi connectivity index (χ3n) is 4.68. The lowest BCUT2D eigenvalue weighted by molar-refractivity contribution is 0.190. The number of aromatic nitrogens is 3. The molecule has 13 N–H and O–H groups in total. The van der Waals surface area contributed by atoms with Gasteiger partial charge in [0.05, 0.1) is 6.61 Å². The van der Waals surface area contributed by atoms with Gasteiger partial charge in [-0.05, 0) is 45.4 Å². The first-order valence-electron chi connectivity index (χ1n) is 9.27. The third-order valence-corrected chi connectivity index (χ3v) is 4.68. The Bertz CT molecular complexity index is 508. The highest BCUT2D eigenvalue weighted by Gasteiger charge is 2.20. The van der Waals surface area contributed by atoms with Crippen LogP contribution in [0.1, 0.15) is 51.2 Å². The molecule has 0 spiro atoms. The Morgan fingerprint density at radius 3 is 1.62 bits per heavy atom. The van der Waals surface area contributed by atoms with E-state index in [0.717, 1.165) is 38.1 Å². The first-order valence-corrected chi connectivity index (χ1v) is 9.27. The number of hydrogen-bond acceptors (Lipinski definition) is 11. The van der Waals surface area contributed by atoms with Gasteiger partial charge in [-0.15, -0.1) is 12.4 Å². The molecule has 0 saturated carbocycles. The Kier molecular flexibility index (Phi) is 18.1. The zero-order valence-corrected chi connectivity index (χ0v) is 19.1. The van der Waals surface area contributed by atoms with Gasteiger partial charge in [-0.1, -0.05) is 0 Å². The van der Waals surface area contributed by atoms with Gasteiger partial charge < -0.3 is 44.5 Å². The molecule has 2 aliphatic rings. The second-order valence-electron chi connectivity index (χ2n) is 6.86. The van der Waals surface area contributed by atoms with Crippen LogP contribution in [0.2, 0.25) is 0 Å². The molecule has 0 aliphatic carbocycles. The zero-order chi connectivity index (χ0) is 16.8. The lowest BCUT2D eigenvalue weighted by Crippen LogP contribution is -2.35. The lowest BCUT2D eigenvalue weighted by atomic mass is 10.1. The summed E-state index contributed by atoms with van der Waals surface area (Å²) in [6.07, 6.45) is 7.47. The molecule has 1 atom stereocenters. The smallest absolute Gasteiger partial charge is 0.231 e. The summed E-state index contributed by atoms with van der Waals surface area (Å²) in [7, 11) is 1.71. The van der Waals surface area contributed by atoms with Crippen LogP contribution in [0.15, 0.2) is 0 Å². The molecule has 0 bridgehead atoms. The highest BCUT2D eigenvalue weighted by Crippen LogP contribution is 2.22. The van der Waals surface area contributed by atoms with Gasteiger partial charge in [0.1, 0.15) is 0 Å². The largest absolute Gasteiger partial charge is 0.383 e. The SMILES string of the molecule is COCC(C)Nc1nc(N2CCCCC2)nc(N2CCCCC2)n1.Cl.N.N.N.N.[HH].[HH].[HH].[HH]. The highest BCUT2D eigenvalue weighted by molar-refractivity contribution is 5.85. The maximum Gasteiger partial charge on any atom is 0.231 e. The summed E-state index contributed by atoms with van der Waals surface area (Å²) in [5.41, 5.74) is 0. The molecule has 2 fully saturated rings. The van der Waals surface area contributed by atoms with Crippen molar-refractivity contribution in [3.05, 3.63) is 0 Å². The van der Waals surface area contributed by atoms with E-state index >= 15 is 0 Å². The average Bonchev–Trinajstić information content (AvgIpc) is 2.63. The topological polar surface area (TPSA) is 206 Å². The first-order chi connectivity index (χ1) is 11.8. The van der Waals surface area contributed by atoms with Crippen LogP contribution in [-0.4, -0.2) is 60.9 Å². The first kappa shape index (κ1) is 32.2. The van der Waals surface area contributed by atoms with Gasteiger partial charge in [0, 0.05) is 45.0 Å². The molecule has 11 nitrogen and oxygen atoms in total. The number of anilines is 3. The van der Waals surface area contributed by atoms with Crippen molar-refractivity contribution < 1.29 is 10.4 Å². The molecule has 29 heavy (non-hydrogen) atoms. The number of ether oxygens (including phenoxy) is 1. The van der Waals surface area contributed by atoms with E-state index in [1.54, 1.807) is 7.11 Å². The number of rotatable bonds is 6. The van der Waals surface area contributed by atoms with E-state index in [2.05, 4.69) is 32.0 Å². The number of piperidine rings is 2. The molecule has 3 heterocycles. The summed E-state index contributed by atoms with van der Waals surface area (Å²) in [6, 6.07) is 0.167. The Morgan fingerprint density at radius 1 is 0.828 bits per heavy atom. The Balaban J connectivity index is -0.000000150. The minimum atomic E-state index is 0.